The molecule has 1 aromatic carbocycles. The third-order valence-electron chi connectivity index (χ3n) is 2.51. The van der Waals surface area contributed by atoms with Crippen LogP contribution in [-0.2, 0) is 0 Å². The molecule has 1 aliphatic heterocycles. The van der Waals surface area contributed by atoms with Crippen molar-refractivity contribution < 1.29 is 0 Å². The average Bonchev–Trinajstić information content (AvgIpc) is 2.49. The van der Waals surface area contributed by atoms with E-state index in [0.29, 0.717) is 6.04 Å². The number of rotatable bonds is 1. The van der Waals surface area contributed by atoms with Crippen LogP contribution in [-0.4, -0.2) is 23.8 Å². The zero-order valence-electron chi connectivity index (χ0n) is 8.07. The molecule has 1 atom stereocenters. The van der Waals surface area contributed by atoms with E-state index in [4.69, 9.17) is 0 Å². The maximum absolute atomic E-state index is 4.49. The highest BCUT2D eigenvalue weighted by atomic mass is 15.5. The van der Waals surface area contributed by atoms with Gasteiger partial charge in [0.25, 0.3) is 0 Å². The second-order valence-electron chi connectivity index (χ2n) is 3.54. The van der Waals surface area contributed by atoms with E-state index < -0.39 is 0 Å². The molecule has 0 fully saturated rings. The minimum absolute atomic E-state index is 0.537. The van der Waals surface area contributed by atoms with Crippen LogP contribution in [0.5, 0.6) is 0 Å². The van der Waals surface area contributed by atoms with Gasteiger partial charge in [-0.15, -0.1) is 0 Å². The van der Waals surface area contributed by atoms with Gasteiger partial charge in [-0.1, -0.05) is 30.3 Å². The Bertz CT molecular complexity index is 316. The van der Waals surface area contributed by atoms with Gasteiger partial charge < -0.3 is 0 Å². The lowest BCUT2D eigenvalue weighted by Gasteiger charge is -2.11. The lowest BCUT2D eigenvalue weighted by atomic mass is 10.1. The highest BCUT2D eigenvalue weighted by molar-refractivity contribution is 6.01. The van der Waals surface area contributed by atoms with Crippen LogP contribution in [0.1, 0.15) is 18.9 Å². The monoisotopic (exact) mass is 174 g/mol. The molecular formula is C11H14N2. The molecule has 0 saturated heterocycles. The van der Waals surface area contributed by atoms with Crippen molar-refractivity contribution in [3.63, 3.8) is 0 Å². The predicted octanol–water partition coefficient (Wildman–Crippen LogP) is 2.11. The van der Waals surface area contributed by atoms with E-state index in [-0.39, 0.29) is 0 Å². The van der Waals surface area contributed by atoms with Crippen LogP contribution in [0.4, 0.5) is 0 Å². The Balaban J connectivity index is 2.25. The molecule has 2 heteroatoms. The molecule has 0 N–H and O–H groups in total. The Kier molecular flexibility index (Phi) is 2.05. The Morgan fingerprint density at radius 1 is 1.31 bits per heavy atom. The van der Waals surface area contributed by atoms with Gasteiger partial charge >= 0.3 is 0 Å². The molecule has 1 aromatic rings. The van der Waals surface area contributed by atoms with Crippen molar-refractivity contribution in [2.75, 3.05) is 7.05 Å². The summed E-state index contributed by atoms with van der Waals surface area (Å²) in [5.41, 5.74) is 2.45. The number of hydrogen-bond donors (Lipinski definition) is 0. The Hall–Kier alpha value is -1.31. The summed E-state index contributed by atoms with van der Waals surface area (Å²) in [5.74, 6) is 0. The predicted molar refractivity (Wildman–Crippen MR) is 54.8 cm³/mol. The smallest absolute Gasteiger partial charge is 0.0698 e. The minimum Gasteiger partial charge on any atom is -0.297 e. The molecule has 68 valence electrons. The molecule has 0 bridgehead atoms. The van der Waals surface area contributed by atoms with Gasteiger partial charge in [0.2, 0.25) is 0 Å². The first-order valence-corrected chi connectivity index (χ1v) is 4.63. The van der Waals surface area contributed by atoms with Crippen LogP contribution in [0.3, 0.4) is 0 Å². The van der Waals surface area contributed by atoms with E-state index in [1.54, 1.807) is 0 Å². The molecule has 1 unspecified atom stereocenters. The van der Waals surface area contributed by atoms with Gasteiger partial charge in [-0.25, -0.2) is 0 Å². The molecule has 0 saturated carbocycles. The van der Waals surface area contributed by atoms with Crippen molar-refractivity contribution in [2.45, 2.75) is 19.4 Å². The first kappa shape index (κ1) is 8.30. The first-order valence-electron chi connectivity index (χ1n) is 4.63. The molecular weight excluding hydrogens is 160 g/mol. The SMILES string of the molecule is CC1CC(c2ccccc2)=NN1C. The highest BCUT2D eigenvalue weighted by Crippen LogP contribution is 2.17. The first-order chi connectivity index (χ1) is 6.27. The number of hydrogen-bond acceptors (Lipinski definition) is 2. The summed E-state index contributed by atoms with van der Waals surface area (Å²) in [5, 5.41) is 6.52. The fraction of sp³-hybridized carbons (Fsp3) is 0.364. The molecule has 1 aliphatic rings. The van der Waals surface area contributed by atoms with Crippen LogP contribution in [0.15, 0.2) is 35.4 Å². The summed E-state index contributed by atoms with van der Waals surface area (Å²) < 4.78 is 0. The van der Waals surface area contributed by atoms with Gasteiger partial charge in [-0.05, 0) is 12.5 Å². The topological polar surface area (TPSA) is 15.6 Å². The number of benzene rings is 1. The van der Waals surface area contributed by atoms with Gasteiger partial charge in [-0.3, -0.25) is 5.01 Å². The maximum Gasteiger partial charge on any atom is 0.0698 e. The molecule has 0 radical (unpaired) electrons. The quantitative estimate of drug-likeness (QED) is 0.636. The normalized spacial score (nSPS) is 21.8. The van der Waals surface area contributed by atoms with Crippen LogP contribution in [0.2, 0.25) is 0 Å². The van der Waals surface area contributed by atoms with Crippen molar-refractivity contribution in [3.8, 4) is 0 Å². The van der Waals surface area contributed by atoms with Gasteiger partial charge in [0.1, 0.15) is 0 Å². The second kappa shape index (κ2) is 3.21. The molecule has 13 heavy (non-hydrogen) atoms. The van der Waals surface area contributed by atoms with Gasteiger partial charge in [0, 0.05) is 19.5 Å². The summed E-state index contributed by atoms with van der Waals surface area (Å²) >= 11 is 0. The molecule has 0 aromatic heterocycles. The van der Waals surface area contributed by atoms with Crippen LogP contribution >= 0.6 is 0 Å². The standard InChI is InChI=1S/C11H14N2/c1-9-8-11(12-13(9)2)10-6-4-3-5-7-10/h3-7,9H,8H2,1-2H3. The van der Waals surface area contributed by atoms with E-state index in [9.17, 15) is 0 Å². The second-order valence-corrected chi connectivity index (χ2v) is 3.54. The molecule has 2 rings (SSSR count). The third-order valence-corrected chi connectivity index (χ3v) is 2.51. The maximum atomic E-state index is 4.49. The van der Waals surface area contributed by atoms with Crippen molar-refractivity contribution in [1.82, 2.24) is 5.01 Å². The van der Waals surface area contributed by atoms with Crippen molar-refractivity contribution in [2.24, 2.45) is 5.10 Å². The lowest BCUT2D eigenvalue weighted by Crippen LogP contribution is -2.17. The summed E-state index contributed by atoms with van der Waals surface area (Å²) in [6.45, 7) is 2.19. The molecule has 0 aliphatic carbocycles. The minimum atomic E-state index is 0.537. The number of hydrazone groups is 1. The Labute approximate surface area is 78.9 Å². The summed E-state index contributed by atoms with van der Waals surface area (Å²) in [6, 6.07) is 10.9. The van der Waals surface area contributed by atoms with E-state index in [2.05, 4.69) is 36.3 Å². The fourth-order valence-electron chi connectivity index (χ4n) is 1.55. The lowest BCUT2D eigenvalue weighted by molar-refractivity contribution is 0.303. The van der Waals surface area contributed by atoms with Crippen LogP contribution in [0.25, 0.3) is 0 Å². The van der Waals surface area contributed by atoms with Crippen molar-refractivity contribution in [3.05, 3.63) is 35.9 Å². The zero-order chi connectivity index (χ0) is 9.26. The summed E-state index contributed by atoms with van der Waals surface area (Å²) in [7, 11) is 2.03. The van der Waals surface area contributed by atoms with Crippen LogP contribution < -0.4 is 0 Å². The molecule has 1 heterocycles. The fourth-order valence-corrected chi connectivity index (χ4v) is 1.55. The van der Waals surface area contributed by atoms with E-state index >= 15 is 0 Å². The Morgan fingerprint density at radius 3 is 2.54 bits per heavy atom. The largest absolute Gasteiger partial charge is 0.297 e. The van der Waals surface area contributed by atoms with Crippen molar-refractivity contribution in [1.29, 1.82) is 0 Å². The van der Waals surface area contributed by atoms with Gasteiger partial charge in [0.05, 0.1) is 5.71 Å². The average molecular weight is 174 g/mol. The third kappa shape index (κ3) is 1.57. The molecule has 0 amide bonds. The molecule has 0 spiro atoms. The zero-order valence-corrected chi connectivity index (χ0v) is 8.07. The van der Waals surface area contributed by atoms with E-state index in [1.807, 2.05) is 18.1 Å². The highest BCUT2D eigenvalue weighted by Gasteiger charge is 2.19. The van der Waals surface area contributed by atoms with E-state index in [0.717, 1.165) is 6.42 Å². The van der Waals surface area contributed by atoms with Crippen LogP contribution in [0, 0.1) is 0 Å². The van der Waals surface area contributed by atoms with Gasteiger partial charge in [0.15, 0.2) is 0 Å². The Morgan fingerprint density at radius 2 is 2.00 bits per heavy atom. The van der Waals surface area contributed by atoms with Gasteiger partial charge in [-0.2, -0.15) is 5.10 Å². The van der Waals surface area contributed by atoms with E-state index in [1.165, 1.54) is 11.3 Å². The number of nitrogens with zero attached hydrogens (tertiary/aromatic N) is 2. The van der Waals surface area contributed by atoms with Crippen molar-refractivity contribution >= 4 is 5.71 Å². The molecule has 2 nitrogen and oxygen atoms in total. The summed E-state index contributed by atoms with van der Waals surface area (Å²) in [6.07, 6.45) is 1.06. The summed E-state index contributed by atoms with van der Waals surface area (Å²) in [4.78, 5) is 0.